The average molecular weight is 288 g/mol. The molecule has 0 saturated heterocycles. The van der Waals surface area contributed by atoms with Gasteiger partial charge in [0.15, 0.2) is 0 Å². The molecule has 0 aliphatic carbocycles. The summed E-state index contributed by atoms with van der Waals surface area (Å²) < 4.78 is 12.9. The monoisotopic (exact) mass is 288 g/mol. The zero-order valence-corrected chi connectivity index (χ0v) is 12.2. The topological polar surface area (TPSA) is 87.6 Å². The second kappa shape index (κ2) is 8.03. The van der Waals surface area contributed by atoms with E-state index in [1.165, 1.54) is 6.20 Å². The van der Waals surface area contributed by atoms with Gasteiger partial charge in [-0.2, -0.15) is 4.37 Å². The number of amides is 1. The third-order valence-corrected chi connectivity index (χ3v) is 3.11. The number of hydrogen-bond acceptors (Lipinski definition) is 7. The van der Waals surface area contributed by atoms with Gasteiger partial charge in [0.25, 0.3) is 0 Å². The Morgan fingerprint density at radius 2 is 2.42 bits per heavy atom. The normalized spacial score (nSPS) is 13.9. The van der Waals surface area contributed by atoms with Crippen molar-refractivity contribution in [2.45, 2.75) is 26.0 Å². The molecule has 2 unspecified atom stereocenters. The van der Waals surface area contributed by atoms with Crippen LogP contribution in [0.5, 0.6) is 5.88 Å². The first-order valence-corrected chi connectivity index (χ1v) is 6.84. The number of likely N-dealkylation sites (N-methyl/N-ethyl adjacent to an activating group) is 1. The Balaban J connectivity index is 2.22. The van der Waals surface area contributed by atoms with E-state index >= 15 is 0 Å². The van der Waals surface area contributed by atoms with E-state index in [1.807, 2.05) is 6.92 Å². The summed E-state index contributed by atoms with van der Waals surface area (Å²) in [7, 11) is 1.75. The molecule has 108 valence electrons. The highest BCUT2D eigenvalue weighted by atomic mass is 32.1. The summed E-state index contributed by atoms with van der Waals surface area (Å²) in [6, 6.07) is -0.333. The van der Waals surface area contributed by atoms with Crippen molar-refractivity contribution >= 4 is 17.6 Å². The Kier molecular flexibility index (Phi) is 6.68. The van der Waals surface area contributed by atoms with Crippen LogP contribution in [0.3, 0.4) is 0 Å². The van der Waals surface area contributed by atoms with E-state index in [0.29, 0.717) is 12.4 Å². The number of aliphatic hydroxyl groups excluding tert-OH is 1. The van der Waals surface area contributed by atoms with E-state index in [-0.39, 0.29) is 25.1 Å². The summed E-state index contributed by atoms with van der Waals surface area (Å²) in [6.07, 6.45) is 0.788. The average Bonchev–Trinajstić information content (AvgIpc) is 2.93. The number of hydrogen-bond donors (Lipinski definition) is 2. The molecular formula is C11H20N4O3S. The van der Waals surface area contributed by atoms with Gasteiger partial charge in [-0.1, -0.05) is 0 Å². The molecule has 19 heavy (non-hydrogen) atoms. The van der Waals surface area contributed by atoms with Crippen molar-refractivity contribution in [3.05, 3.63) is 6.20 Å². The van der Waals surface area contributed by atoms with E-state index in [0.717, 1.165) is 11.7 Å². The van der Waals surface area contributed by atoms with Gasteiger partial charge in [0.05, 0.1) is 17.8 Å². The maximum atomic E-state index is 11.8. The van der Waals surface area contributed by atoms with Crippen LogP contribution in [0, 0.1) is 0 Å². The largest absolute Gasteiger partial charge is 0.473 e. The summed E-state index contributed by atoms with van der Waals surface area (Å²) in [5, 5.41) is 12.7. The fourth-order valence-corrected chi connectivity index (χ4v) is 1.71. The van der Waals surface area contributed by atoms with E-state index in [9.17, 15) is 9.90 Å². The summed E-state index contributed by atoms with van der Waals surface area (Å²) >= 11 is 1.05. The molecule has 2 atom stereocenters. The Morgan fingerprint density at radius 1 is 1.68 bits per heavy atom. The van der Waals surface area contributed by atoms with Crippen molar-refractivity contribution in [3.8, 4) is 5.88 Å². The number of ether oxygens (including phenoxy) is 1. The predicted molar refractivity (Wildman–Crippen MR) is 72.2 cm³/mol. The number of nitrogens with zero attached hydrogens (tertiary/aromatic N) is 3. The standard InChI is InChI=1S/C11H20N4O3S/c1-4-15(3)11(17)8(2)12-5-9(16)7-18-10-6-13-19-14-10/h6,8-9,12,16H,4-5,7H2,1-3H3. The Bertz CT molecular complexity index is 374. The smallest absolute Gasteiger partial charge is 0.245 e. The number of aliphatic hydroxyl groups is 1. The van der Waals surface area contributed by atoms with Crippen molar-refractivity contribution in [2.75, 3.05) is 26.7 Å². The maximum absolute atomic E-state index is 11.8. The lowest BCUT2D eigenvalue weighted by atomic mass is 10.2. The lowest BCUT2D eigenvalue weighted by Gasteiger charge is -2.21. The van der Waals surface area contributed by atoms with Crippen LogP contribution < -0.4 is 10.1 Å². The minimum atomic E-state index is -0.705. The van der Waals surface area contributed by atoms with Crippen molar-refractivity contribution < 1.29 is 14.6 Å². The zero-order chi connectivity index (χ0) is 14.3. The van der Waals surface area contributed by atoms with Crippen molar-refractivity contribution in [1.82, 2.24) is 19.0 Å². The van der Waals surface area contributed by atoms with Crippen LogP contribution in [0.1, 0.15) is 13.8 Å². The minimum absolute atomic E-state index is 0.000630. The van der Waals surface area contributed by atoms with Crippen LogP contribution in [-0.4, -0.2) is 63.6 Å². The Morgan fingerprint density at radius 3 is 3.00 bits per heavy atom. The van der Waals surface area contributed by atoms with Crippen LogP contribution in [0.25, 0.3) is 0 Å². The SMILES string of the molecule is CCN(C)C(=O)C(C)NCC(O)COc1cnsn1. The molecule has 0 saturated carbocycles. The highest BCUT2D eigenvalue weighted by Gasteiger charge is 2.17. The van der Waals surface area contributed by atoms with Gasteiger partial charge in [0.2, 0.25) is 11.8 Å². The van der Waals surface area contributed by atoms with Gasteiger partial charge in [0.1, 0.15) is 18.9 Å². The lowest BCUT2D eigenvalue weighted by molar-refractivity contribution is -0.131. The molecular weight excluding hydrogens is 268 g/mol. The van der Waals surface area contributed by atoms with Gasteiger partial charge in [-0.15, -0.1) is 4.37 Å². The number of carbonyl (C=O) groups excluding carboxylic acids is 1. The predicted octanol–water partition coefficient (Wildman–Crippen LogP) is -0.266. The molecule has 0 radical (unpaired) electrons. The van der Waals surface area contributed by atoms with Gasteiger partial charge in [-0.05, 0) is 13.8 Å². The fourth-order valence-electron chi connectivity index (χ4n) is 1.35. The zero-order valence-electron chi connectivity index (χ0n) is 11.4. The summed E-state index contributed by atoms with van der Waals surface area (Å²) in [6.45, 7) is 4.74. The fraction of sp³-hybridized carbons (Fsp3) is 0.727. The molecule has 0 aliphatic heterocycles. The first kappa shape index (κ1) is 15.8. The van der Waals surface area contributed by atoms with Crippen LogP contribution >= 0.6 is 11.7 Å². The summed E-state index contributed by atoms with van der Waals surface area (Å²) in [5.41, 5.74) is 0. The highest BCUT2D eigenvalue weighted by Crippen LogP contribution is 2.05. The molecule has 0 spiro atoms. The van der Waals surface area contributed by atoms with Gasteiger partial charge in [0, 0.05) is 20.1 Å². The second-order valence-electron chi connectivity index (χ2n) is 4.19. The second-order valence-corrected chi connectivity index (χ2v) is 4.75. The minimum Gasteiger partial charge on any atom is -0.473 e. The molecule has 1 aromatic rings. The highest BCUT2D eigenvalue weighted by molar-refractivity contribution is 6.99. The molecule has 2 N–H and O–H groups in total. The molecule has 7 nitrogen and oxygen atoms in total. The van der Waals surface area contributed by atoms with Crippen LogP contribution in [0.2, 0.25) is 0 Å². The first-order valence-electron chi connectivity index (χ1n) is 6.11. The van der Waals surface area contributed by atoms with Gasteiger partial charge in [-0.25, -0.2) is 0 Å². The molecule has 1 rings (SSSR count). The van der Waals surface area contributed by atoms with E-state index in [4.69, 9.17) is 4.74 Å². The molecule has 0 aromatic carbocycles. The van der Waals surface area contributed by atoms with Crippen molar-refractivity contribution in [3.63, 3.8) is 0 Å². The van der Waals surface area contributed by atoms with Crippen molar-refractivity contribution in [1.29, 1.82) is 0 Å². The molecule has 0 aliphatic rings. The maximum Gasteiger partial charge on any atom is 0.245 e. The lowest BCUT2D eigenvalue weighted by Crippen LogP contribution is -2.46. The van der Waals surface area contributed by atoms with Crippen LogP contribution in [0.4, 0.5) is 0 Å². The Hall–Kier alpha value is -1.25. The molecule has 1 heterocycles. The summed E-state index contributed by atoms with van der Waals surface area (Å²) in [5.74, 6) is 0.401. The molecule has 8 heteroatoms. The molecule has 1 aromatic heterocycles. The van der Waals surface area contributed by atoms with E-state index in [1.54, 1.807) is 18.9 Å². The number of nitrogens with one attached hydrogen (secondary N) is 1. The van der Waals surface area contributed by atoms with E-state index < -0.39 is 6.10 Å². The molecule has 0 bridgehead atoms. The van der Waals surface area contributed by atoms with Gasteiger partial charge in [-0.3, -0.25) is 4.79 Å². The van der Waals surface area contributed by atoms with E-state index in [2.05, 4.69) is 14.1 Å². The quantitative estimate of drug-likeness (QED) is 0.685. The van der Waals surface area contributed by atoms with Crippen LogP contribution in [0.15, 0.2) is 6.20 Å². The Labute approximate surface area is 116 Å². The van der Waals surface area contributed by atoms with Crippen molar-refractivity contribution in [2.24, 2.45) is 0 Å². The van der Waals surface area contributed by atoms with Crippen LogP contribution in [-0.2, 0) is 4.79 Å². The summed E-state index contributed by atoms with van der Waals surface area (Å²) in [4.78, 5) is 13.4. The number of carbonyl (C=O) groups is 1. The number of aromatic nitrogens is 2. The molecule has 0 fully saturated rings. The molecule has 1 amide bonds. The number of rotatable bonds is 8. The third kappa shape index (κ3) is 5.50. The van der Waals surface area contributed by atoms with Gasteiger partial charge < -0.3 is 20.1 Å². The third-order valence-electron chi connectivity index (χ3n) is 2.65. The van der Waals surface area contributed by atoms with Gasteiger partial charge >= 0.3 is 0 Å². The first-order chi connectivity index (χ1) is 9.04.